The maximum atomic E-state index is 15.4. The number of hydrazone groups is 1. The lowest BCUT2D eigenvalue weighted by molar-refractivity contribution is -0.138. The van der Waals surface area contributed by atoms with E-state index >= 15 is 4.39 Å². The van der Waals surface area contributed by atoms with E-state index < -0.39 is 17.6 Å². The Morgan fingerprint density at radius 2 is 1.76 bits per heavy atom. The van der Waals surface area contributed by atoms with Gasteiger partial charge in [0.15, 0.2) is 5.11 Å². The highest BCUT2D eigenvalue weighted by Gasteiger charge is 2.36. The average Bonchev–Trinajstić information content (AvgIpc) is 3.34. The van der Waals surface area contributed by atoms with Gasteiger partial charge in [0.1, 0.15) is 5.82 Å². The number of hydrogen-bond acceptors (Lipinski definition) is 5. The summed E-state index contributed by atoms with van der Waals surface area (Å²) in [4.78, 5) is 6.32. The van der Waals surface area contributed by atoms with E-state index in [2.05, 4.69) is 20.3 Å². The van der Waals surface area contributed by atoms with Crippen LogP contribution in [0.25, 0.3) is 0 Å². The molecule has 1 atom stereocenters. The first-order chi connectivity index (χ1) is 17.5. The summed E-state index contributed by atoms with van der Waals surface area (Å²) in [7, 11) is 4.08. The third-order valence-corrected chi connectivity index (χ3v) is 7.34. The van der Waals surface area contributed by atoms with Crippen LogP contribution in [-0.2, 0) is 6.18 Å². The van der Waals surface area contributed by atoms with E-state index in [0.717, 1.165) is 31.3 Å². The molecule has 0 spiro atoms. The van der Waals surface area contributed by atoms with Gasteiger partial charge in [0.05, 0.1) is 17.5 Å². The van der Waals surface area contributed by atoms with Gasteiger partial charge in [0, 0.05) is 43.5 Å². The van der Waals surface area contributed by atoms with Crippen LogP contribution >= 0.6 is 12.2 Å². The van der Waals surface area contributed by atoms with Crippen molar-refractivity contribution in [2.75, 3.05) is 50.1 Å². The molecular weight excluding hydrogens is 504 g/mol. The molecule has 2 heterocycles. The van der Waals surface area contributed by atoms with Crippen LogP contribution in [0.1, 0.15) is 41.9 Å². The third kappa shape index (κ3) is 6.32. The van der Waals surface area contributed by atoms with Crippen LogP contribution < -0.4 is 21.0 Å². The highest BCUT2D eigenvalue weighted by molar-refractivity contribution is 7.80. The summed E-state index contributed by atoms with van der Waals surface area (Å²) < 4.78 is 56.0. The van der Waals surface area contributed by atoms with Gasteiger partial charge >= 0.3 is 6.18 Å². The number of alkyl halides is 3. The van der Waals surface area contributed by atoms with Gasteiger partial charge in [-0.25, -0.2) is 4.39 Å². The lowest BCUT2D eigenvalue weighted by atomic mass is 9.86. The van der Waals surface area contributed by atoms with E-state index in [0.29, 0.717) is 48.8 Å². The van der Waals surface area contributed by atoms with Crippen LogP contribution in [0.3, 0.4) is 0 Å². The molecule has 0 amide bonds. The van der Waals surface area contributed by atoms with E-state index in [-0.39, 0.29) is 11.0 Å². The lowest BCUT2D eigenvalue weighted by Crippen LogP contribution is -2.35. The van der Waals surface area contributed by atoms with Crippen LogP contribution in [0.4, 0.5) is 28.9 Å². The normalized spacial score (nSPS) is 19.3. The summed E-state index contributed by atoms with van der Waals surface area (Å²) in [5, 5.41) is 4.04. The number of thiocarbonyl (C=S) groups is 1. The fourth-order valence-electron chi connectivity index (χ4n) is 5.28. The molecule has 37 heavy (non-hydrogen) atoms. The van der Waals surface area contributed by atoms with E-state index in [1.54, 1.807) is 12.1 Å². The second-order valence-electron chi connectivity index (χ2n) is 9.80. The predicted molar refractivity (Wildman–Crippen MR) is 144 cm³/mol. The van der Waals surface area contributed by atoms with E-state index in [4.69, 9.17) is 18.0 Å². The van der Waals surface area contributed by atoms with Gasteiger partial charge in [-0.3, -0.25) is 5.43 Å². The maximum Gasteiger partial charge on any atom is 0.416 e. The molecule has 0 bridgehead atoms. The first-order valence-electron chi connectivity index (χ1n) is 12.3. The topological polar surface area (TPSA) is 60.1 Å². The Morgan fingerprint density at radius 3 is 2.38 bits per heavy atom. The molecule has 3 N–H and O–H groups in total. The molecule has 2 aliphatic heterocycles. The van der Waals surface area contributed by atoms with Crippen molar-refractivity contribution in [3.63, 3.8) is 0 Å². The van der Waals surface area contributed by atoms with Gasteiger partial charge in [0.25, 0.3) is 0 Å². The molecule has 200 valence electrons. The fourth-order valence-corrected chi connectivity index (χ4v) is 5.33. The van der Waals surface area contributed by atoms with Crippen LogP contribution in [0.5, 0.6) is 0 Å². The van der Waals surface area contributed by atoms with Crippen molar-refractivity contribution in [1.82, 2.24) is 10.3 Å². The summed E-state index contributed by atoms with van der Waals surface area (Å²) in [6, 6.07) is 9.41. The zero-order chi connectivity index (χ0) is 26.7. The van der Waals surface area contributed by atoms with Crippen LogP contribution in [0, 0.1) is 5.82 Å². The Balaban J connectivity index is 1.58. The minimum absolute atomic E-state index is 0.0127. The second kappa shape index (κ2) is 11.2. The smallest absolute Gasteiger partial charge is 0.375 e. The Morgan fingerprint density at radius 1 is 1.08 bits per heavy atom. The molecule has 4 rings (SSSR count). The summed E-state index contributed by atoms with van der Waals surface area (Å²) in [5.74, 6) is -0.633. The Bertz CT molecular complexity index is 1140. The van der Waals surface area contributed by atoms with Crippen LogP contribution in [0.2, 0.25) is 0 Å². The van der Waals surface area contributed by atoms with Gasteiger partial charge < -0.3 is 20.4 Å². The van der Waals surface area contributed by atoms with Crippen LogP contribution in [-0.4, -0.2) is 62.5 Å². The molecule has 2 aliphatic rings. The summed E-state index contributed by atoms with van der Waals surface area (Å²) in [5.41, 5.74) is 9.59. The molecule has 0 unspecified atom stereocenters. The van der Waals surface area contributed by atoms with Crippen molar-refractivity contribution in [3.8, 4) is 0 Å². The van der Waals surface area contributed by atoms with Crippen molar-refractivity contribution in [3.05, 3.63) is 58.9 Å². The number of nitrogens with one attached hydrogen (secondary N) is 1. The molecule has 11 heteroatoms. The monoisotopic (exact) mass is 536 g/mol. The number of anilines is 2. The summed E-state index contributed by atoms with van der Waals surface area (Å²) in [6.45, 7) is 2.53. The van der Waals surface area contributed by atoms with Gasteiger partial charge in [0.2, 0.25) is 0 Å². The molecule has 0 radical (unpaired) electrons. The van der Waals surface area contributed by atoms with E-state index in [1.165, 1.54) is 18.3 Å². The number of nitrogens with zero attached hydrogens (tertiary/aromatic N) is 4. The number of halogens is 4. The van der Waals surface area contributed by atoms with Crippen molar-refractivity contribution in [2.45, 2.75) is 37.4 Å². The average molecular weight is 537 g/mol. The van der Waals surface area contributed by atoms with Crippen LogP contribution in [0.15, 0.2) is 41.5 Å². The number of piperidine rings is 1. The predicted octanol–water partition coefficient (Wildman–Crippen LogP) is 4.54. The quantitative estimate of drug-likeness (QED) is 0.245. The Kier molecular flexibility index (Phi) is 8.23. The Hall–Kier alpha value is -2.92. The van der Waals surface area contributed by atoms with Gasteiger partial charge in [-0.2, -0.15) is 18.3 Å². The zero-order valence-corrected chi connectivity index (χ0v) is 21.7. The highest BCUT2D eigenvalue weighted by Crippen LogP contribution is 2.40. The highest BCUT2D eigenvalue weighted by atomic mass is 32.1. The molecule has 2 saturated heterocycles. The van der Waals surface area contributed by atoms with Crippen molar-refractivity contribution >= 4 is 34.9 Å². The van der Waals surface area contributed by atoms with Crippen molar-refractivity contribution in [2.24, 2.45) is 10.8 Å². The SMILES string of the molecule is CN(C)[C@@H]1CCN(c2cc(N3CCC(c4ccccc4C(F)(F)F)CC3)c(F)cc2/C=N/NC(N)=S)C1. The number of likely N-dealkylation sites (N-methyl/N-ethyl adjacent to an activating group) is 1. The number of rotatable bonds is 6. The minimum atomic E-state index is -4.39. The zero-order valence-electron chi connectivity index (χ0n) is 20.9. The maximum absolute atomic E-state index is 15.4. The number of benzene rings is 2. The lowest BCUT2D eigenvalue weighted by Gasteiger charge is -2.35. The summed E-state index contributed by atoms with van der Waals surface area (Å²) >= 11 is 4.79. The molecular formula is C26H32F4N6S. The molecule has 6 nitrogen and oxygen atoms in total. The molecule has 2 aromatic rings. The van der Waals surface area contributed by atoms with E-state index in [9.17, 15) is 13.2 Å². The number of nitrogens with two attached hydrogens (primary N) is 1. The Labute approximate surface area is 220 Å². The first kappa shape index (κ1) is 27.1. The van der Waals surface area contributed by atoms with Crippen molar-refractivity contribution in [1.29, 1.82) is 0 Å². The van der Waals surface area contributed by atoms with Crippen molar-refractivity contribution < 1.29 is 17.6 Å². The van der Waals surface area contributed by atoms with Gasteiger partial charge in [-0.1, -0.05) is 18.2 Å². The van der Waals surface area contributed by atoms with Gasteiger partial charge in [-0.15, -0.1) is 0 Å². The molecule has 0 aromatic heterocycles. The molecule has 2 fully saturated rings. The van der Waals surface area contributed by atoms with Gasteiger partial charge in [-0.05, 0) is 75.3 Å². The first-order valence-corrected chi connectivity index (χ1v) is 12.7. The van der Waals surface area contributed by atoms with E-state index in [1.807, 2.05) is 25.1 Å². The standard InChI is InChI=1S/C26H32F4N6S/c1-34(2)19-9-12-36(16-19)23-14-24(22(27)13-18(23)15-32-33-25(31)37)35-10-7-17(8-11-35)20-5-3-4-6-21(20)26(28,29)30/h3-6,13-15,17,19H,7-12,16H2,1-2H3,(H3,31,33,37)/b32-15+/t19-/m1/s1. The summed E-state index contributed by atoms with van der Waals surface area (Å²) in [6.07, 6.45) is -0.893. The fraction of sp³-hybridized carbons (Fsp3) is 0.462. The third-order valence-electron chi connectivity index (χ3n) is 7.25. The minimum Gasteiger partial charge on any atom is -0.375 e. The largest absolute Gasteiger partial charge is 0.416 e. The number of hydrogen-bond donors (Lipinski definition) is 2. The second-order valence-corrected chi connectivity index (χ2v) is 10.2. The molecule has 0 aliphatic carbocycles. The molecule has 2 aromatic carbocycles. The molecule has 0 saturated carbocycles.